The summed E-state index contributed by atoms with van der Waals surface area (Å²) in [6.07, 6.45) is -3.97. The highest BCUT2D eigenvalue weighted by atomic mass is 32.2. The van der Waals surface area contributed by atoms with E-state index in [2.05, 4.69) is 9.72 Å². The minimum atomic E-state index is -5.26. The largest absolute Gasteiger partial charge is 0.491 e. The predicted molar refractivity (Wildman–Crippen MR) is 135 cm³/mol. The summed E-state index contributed by atoms with van der Waals surface area (Å²) >= 11 is 0. The number of esters is 1. The number of aromatic nitrogens is 1. The van der Waals surface area contributed by atoms with Gasteiger partial charge in [0.25, 0.3) is 10.0 Å². The Hall–Kier alpha value is -3.08. The van der Waals surface area contributed by atoms with Gasteiger partial charge in [-0.25, -0.2) is 26.6 Å². The highest BCUT2D eigenvalue weighted by molar-refractivity contribution is 7.91. The zero-order valence-corrected chi connectivity index (χ0v) is 22.7. The van der Waals surface area contributed by atoms with Crippen molar-refractivity contribution in [3.05, 3.63) is 53.7 Å². The highest BCUT2D eigenvalue weighted by Gasteiger charge is 2.44. The van der Waals surface area contributed by atoms with Crippen LogP contribution in [0.25, 0.3) is 0 Å². The lowest BCUT2D eigenvalue weighted by molar-refractivity contribution is -0.189. The van der Waals surface area contributed by atoms with E-state index in [4.69, 9.17) is 5.73 Å². The van der Waals surface area contributed by atoms with Crippen LogP contribution in [0.15, 0.2) is 47.6 Å². The third-order valence-electron chi connectivity index (χ3n) is 6.85. The lowest BCUT2D eigenvalue weighted by Crippen LogP contribution is -2.52. The van der Waals surface area contributed by atoms with Crippen molar-refractivity contribution < 1.29 is 44.3 Å². The number of sulfonamides is 1. The standard InChI is InChI=1S/C24H27F3N4O7S2/c25-24(26,27)23(33)38-20-4-2-1-3-19(20)17-12-18(22(32)30-7-9-39(34,35)10-8-30)15-31(14-17)40(36,37)21-11-16(13-28)5-6-29-21/h1-6,11,17-18H,7-10,12-15,28H2/t17-,18+/m1/s1. The minimum Gasteiger partial charge on any atom is -0.420 e. The van der Waals surface area contributed by atoms with Crippen LogP contribution in [-0.2, 0) is 36.0 Å². The van der Waals surface area contributed by atoms with Gasteiger partial charge in [-0.2, -0.15) is 17.5 Å². The number of hydrogen-bond acceptors (Lipinski definition) is 9. The quantitative estimate of drug-likeness (QED) is 0.376. The number of halogens is 3. The number of nitrogens with two attached hydrogens (primary N) is 1. The summed E-state index contributed by atoms with van der Waals surface area (Å²) in [7, 11) is -7.60. The molecule has 0 bridgehead atoms. The number of alkyl halides is 3. The second-order valence-electron chi connectivity index (χ2n) is 9.56. The lowest BCUT2D eigenvalue weighted by atomic mass is 9.84. The maximum atomic E-state index is 13.6. The first kappa shape index (κ1) is 29.9. The van der Waals surface area contributed by atoms with Crippen molar-refractivity contribution in [3.8, 4) is 5.75 Å². The van der Waals surface area contributed by atoms with E-state index in [1.165, 1.54) is 35.4 Å². The molecule has 0 unspecified atom stereocenters. The number of pyridine rings is 1. The molecule has 11 nitrogen and oxygen atoms in total. The molecule has 218 valence electrons. The molecule has 1 amide bonds. The van der Waals surface area contributed by atoms with Crippen LogP contribution in [0.3, 0.4) is 0 Å². The number of sulfone groups is 1. The molecule has 40 heavy (non-hydrogen) atoms. The van der Waals surface area contributed by atoms with E-state index in [-0.39, 0.29) is 61.2 Å². The molecule has 1 aromatic carbocycles. The summed E-state index contributed by atoms with van der Waals surface area (Å²) in [5.74, 6) is -5.60. The van der Waals surface area contributed by atoms with Gasteiger partial charge in [0.2, 0.25) is 5.91 Å². The molecule has 1 aromatic heterocycles. The molecular formula is C24H27F3N4O7S2. The Morgan fingerprint density at radius 1 is 1.10 bits per heavy atom. The molecule has 2 aliphatic heterocycles. The third kappa shape index (κ3) is 6.62. The fraction of sp³-hybridized carbons (Fsp3) is 0.458. The second-order valence-corrected chi connectivity index (χ2v) is 13.7. The van der Waals surface area contributed by atoms with Gasteiger partial charge < -0.3 is 15.4 Å². The van der Waals surface area contributed by atoms with Gasteiger partial charge >= 0.3 is 12.1 Å². The van der Waals surface area contributed by atoms with E-state index in [0.717, 1.165) is 10.4 Å². The van der Waals surface area contributed by atoms with Gasteiger partial charge in [0, 0.05) is 44.8 Å². The Bertz CT molecular complexity index is 1490. The van der Waals surface area contributed by atoms with Gasteiger partial charge in [-0.15, -0.1) is 0 Å². The molecule has 0 spiro atoms. The van der Waals surface area contributed by atoms with Crippen molar-refractivity contribution >= 4 is 31.7 Å². The van der Waals surface area contributed by atoms with Crippen LogP contribution in [0.1, 0.15) is 23.5 Å². The number of piperidine rings is 1. The van der Waals surface area contributed by atoms with Crippen LogP contribution < -0.4 is 10.5 Å². The monoisotopic (exact) mass is 604 g/mol. The number of carbonyl (C=O) groups excluding carboxylic acids is 2. The number of para-hydroxylation sites is 1. The van der Waals surface area contributed by atoms with E-state index < -0.39 is 55.5 Å². The summed E-state index contributed by atoms with van der Waals surface area (Å²) in [6.45, 7) is -0.579. The van der Waals surface area contributed by atoms with Gasteiger partial charge in [0.05, 0.1) is 17.4 Å². The molecular weight excluding hydrogens is 577 g/mol. The van der Waals surface area contributed by atoms with Crippen LogP contribution in [0, 0.1) is 5.92 Å². The molecule has 4 rings (SSSR count). The van der Waals surface area contributed by atoms with Crippen LogP contribution in [-0.4, -0.2) is 86.8 Å². The van der Waals surface area contributed by atoms with Gasteiger partial charge in [0.15, 0.2) is 14.9 Å². The normalized spacial score (nSPS) is 22.1. The minimum absolute atomic E-state index is 0.0188. The van der Waals surface area contributed by atoms with Crippen LogP contribution >= 0.6 is 0 Å². The Morgan fingerprint density at radius 2 is 1.77 bits per heavy atom. The van der Waals surface area contributed by atoms with Gasteiger partial charge in [-0.05, 0) is 35.7 Å². The first-order valence-electron chi connectivity index (χ1n) is 12.2. The van der Waals surface area contributed by atoms with Crippen molar-refractivity contribution in [1.29, 1.82) is 0 Å². The molecule has 3 heterocycles. The van der Waals surface area contributed by atoms with E-state index in [9.17, 15) is 39.6 Å². The summed E-state index contributed by atoms with van der Waals surface area (Å²) in [6, 6.07) is 8.25. The molecule has 0 aliphatic carbocycles. The van der Waals surface area contributed by atoms with Crippen LogP contribution in [0.5, 0.6) is 5.75 Å². The smallest absolute Gasteiger partial charge is 0.420 e. The summed E-state index contributed by atoms with van der Waals surface area (Å²) in [4.78, 5) is 30.4. The molecule has 2 aliphatic rings. The first-order valence-corrected chi connectivity index (χ1v) is 15.5. The SMILES string of the molecule is NCc1ccnc(S(=O)(=O)N2C[C@@H](C(=O)N3CCS(=O)(=O)CC3)C[C@@H](c3ccccc3OC(=O)C(F)(F)F)C2)c1. The lowest BCUT2D eigenvalue weighted by Gasteiger charge is -2.39. The topological polar surface area (TPSA) is 157 Å². The first-order chi connectivity index (χ1) is 18.7. The predicted octanol–water partition coefficient (Wildman–Crippen LogP) is 1.06. The van der Waals surface area contributed by atoms with Crippen molar-refractivity contribution in [2.24, 2.45) is 11.7 Å². The number of hydrogen-bond donors (Lipinski definition) is 1. The third-order valence-corrected chi connectivity index (χ3v) is 10.2. The average molecular weight is 605 g/mol. The molecule has 0 saturated carbocycles. The van der Waals surface area contributed by atoms with Crippen molar-refractivity contribution in [2.75, 3.05) is 37.7 Å². The fourth-order valence-corrected chi connectivity index (χ4v) is 7.48. The maximum absolute atomic E-state index is 13.6. The molecule has 16 heteroatoms. The van der Waals surface area contributed by atoms with E-state index in [0.29, 0.717) is 5.56 Å². The fourth-order valence-electron chi connectivity index (χ4n) is 4.77. The molecule has 2 saturated heterocycles. The number of nitrogens with zero attached hydrogens (tertiary/aromatic N) is 3. The summed E-state index contributed by atoms with van der Waals surface area (Å²) in [5, 5.41) is -0.317. The van der Waals surface area contributed by atoms with Crippen molar-refractivity contribution in [3.63, 3.8) is 0 Å². The number of amides is 1. The van der Waals surface area contributed by atoms with Crippen LogP contribution in [0.4, 0.5) is 13.2 Å². The Labute approximate surface area is 229 Å². The van der Waals surface area contributed by atoms with E-state index in [1.54, 1.807) is 6.07 Å². The summed E-state index contributed by atoms with van der Waals surface area (Å²) < 4.78 is 95.4. The maximum Gasteiger partial charge on any atom is 0.491 e. The molecule has 2 atom stereocenters. The Balaban J connectivity index is 1.70. The van der Waals surface area contributed by atoms with Gasteiger partial charge in [-0.1, -0.05) is 18.2 Å². The molecule has 2 aromatic rings. The number of ether oxygens (including phenoxy) is 1. The zero-order valence-electron chi connectivity index (χ0n) is 21.1. The molecule has 2 fully saturated rings. The van der Waals surface area contributed by atoms with Crippen LogP contribution in [0.2, 0.25) is 0 Å². The van der Waals surface area contributed by atoms with E-state index in [1.807, 2.05) is 0 Å². The Kier molecular flexibility index (Phi) is 8.54. The highest BCUT2D eigenvalue weighted by Crippen LogP contribution is 2.38. The second kappa shape index (κ2) is 11.4. The number of rotatable bonds is 6. The average Bonchev–Trinajstić information content (AvgIpc) is 2.92. The summed E-state index contributed by atoms with van der Waals surface area (Å²) in [5.41, 5.74) is 6.25. The number of benzene rings is 1. The van der Waals surface area contributed by atoms with Gasteiger partial charge in [-0.3, -0.25) is 4.79 Å². The Morgan fingerprint density at radius 3 is 2.42 bits per heavy atom. The van der Waals surface area contributed by atoms with E-state index >= 15 is 0 Å². The molecule has 2 N–H and O–H groups in total. The van der Waals surface area contributed by atoms with Crippen molar-refractivity contribution in [2.45, 2.75) is 30.1 Å². The number of carbonyl (C=O) groups is 2. The zero-order chi connectivity index (χ0) is 29.3. The van der Waals surface area contributed by atoms with Gasteiger partial charge in [0.1, 0.15) is 5.75 Å². The molecule has 0 radical (unpaired) electrons. The van der Waals surface area contributed by atoms with Crippen molar-refractivity contribution in [1.82, 2.24) is 14.2 Å².